The largest absolute Gasteiger partial charge is 0.306 e. The molecule has 4 heteroatoms. The molecule has 2 aromatic heterocycles. The second-order valence-electron chi connectivity index (χ2n) is 4.07. The maximum Gasteiger partial charge on any atom is 0.0638 e. The predicted octanol–water partition coefficient (Wildman–Crippen LogP) is 2.94. The Kier molecular flexibility index (Phi) is 3.41. The summed E-state index contributed by atoms with van der Waals surface area (Å²) in [6.45, 7) is 7.15. The van der Waals surface area contributed by atoms with E-state index in [1.165, 1.54) is 11.1 Å². The lowest BCUT2D eigenvalue weighted by atomic mass is 10.1. The fourth-order valence-corrected chi connectivity index (χ4v) is 2.48. The van der Waals surface area contributed by atoms with Gasteiger partial charge in [-0.3, -0.25) is 5.10 Å². The van der Waals surface area contributed by atoms with Gasteiger partial charge in [-0.2, -0.15) is 16.4 Å². The predicted molar refractivity (Wildman–Crippen MR) is 67.6 cm³/mol. The van der Waals surface area contributed by atoms with E-state index in [-0.39, 0.29) is 0 Å². The molecule has 0 aromatic carbocycles. The van der Waals surface area contributed by atoms with Crippen LogP contribution in [0.5, 0.6) is 0 Å². The number of aryl methyl sites for hydroxylation is 2. The highest BCUT2D eigenvalue weighted by molar-refractivity contribution is 7.07. The fourth-order valence-electron chi connectivity index (χ4n) is 1.73. The van der Waals surface area contributed by atoms with Gasteiger partial charge in [0.15, 0.2) is 0 Å². The quantitative estimate of drug-likeness (QED) is 0.855. The molecule has 1 atom stereocenters. The lowest BCUT2D eigenvalue weighted by molar-refractivity contribution is 0.574. The number of aromatic amines is 1. The van der Waals surface area contributed by atoms with Gasteiger partial charge in [0.05, 0.1) is 5.69 Å². The molecule has 3 nitrogen and oxygen atoms in total. The standard InChI is InChI=1S/C12H17N3S/c1-8(11-4-5-16-7-11)13-6-12-9(2)14-15-10(12)3/h4-5,7-8,13H,6H2,1-3H3,(H,14,15). The molecule has 0 saturated carbocycles. The molecule has 0 aliphatic carbocycles. The first kappa shape index (κ1) is 11.4. The first-order chi connectivity index (χ1) is 7.68. The SMILES string of the molecule is Cc1n[nH]c(C)c1CNC(C)c1ccsc1. The number of hydrogen-bond acceptors (Lipinski definition) is 3. The topological polar surface area (TPSA) is 40.7 Å². The Morgan fingerprint density at radius 3 is 2.88 bits per heavy atom. The van der Waals surface area contributed by atoms with Crippen LogP contribution in [0.25, 0.3) is 0 Å². The summed E-state index contributed by atoms with van der Waals surface area (Å²) >= 11 is 1.74. The Bertz CT molecular complexity index is 425. The van der Waals surface area contributed by atoms with Crippen molar-refractivity contribution in [1.29, 1.82) is 0 Å². The summed E-state index contributed by atoms with van der Waals surface area (Å²) in [5, 5.41) is 15.0. The van der Waals surface area contributed by atoms with Crippen molar-refractivity contribution in [1.82, 2.24) is 15.5 Å². The molecule has 16 heavy (non-hydrogen) atoms. The average molecular weight is 235 g/mol. The van der Waals surface area contributed by atoms with Crippen LogP contribution in [0.3, 0.4) is 0 Å². The van der Waals surface area contributed by atoms with E-state index in [9.17, 15) is 0 Å². The van der Waals surface area contributed by atoms with Gasteiger partial charge in [0.25, 0.3) is 0 Å². The molecule has 1 unspecified atom stereocenters. The van der Waals surface area contributed by atoms with Gasteiger partial charge >= 0.3 is 0 Å². The van der Waals surface area contributed by atoms with Gasteiger partial charge in [-0.1, -0.05) is 0 Å². The summed E-state index contributed by atoms with van der Waals surface area (Å²) in [5.41, 5.74) is 4.87. The monoisotopic (exact) mass is 235 g/mol. The van der Waals surface area contributed by atoms with E-state index in [0.717, 1.165) is 17.9 Å². The van der Waals surface area contributed by atoms with Gasteiger partial charge in [0, 0.05) is 23.8 Å². The molecule has 0 amide bonds. The third-order valence-electron chi connectivity index (χ3n) is 2.91. The Morgan fingerprint density at radius 2 is 2.31 bits per heavy atom. The molecule has 0 aliphatic heterocycles. The maximum absolute atomic E-state index is 4.19. The number of nitrogens with one attached hydrogen (secondary N) is 2. The zero-order valence-electron chi connectivity index (χ0n) is 9.87. The van der Waals surface area contributed by atoms with E-state index < -0.39 is 0 Å². The average Bonchev–Trinajstić information content (AvgIpc) is 2.87. The second kappa shape index (κ2) is 4.80. The van der Waals surface area contributed by atoms with Crippen LogP contribution in [-0.2, 0) is 6.54 Å². The van der Waals surface area contributed by atoms with Gasteiger partial charge in [0.1, 0.15) is 0 Å². The lowest BCUT2D eigenvalue weighted by Crippen LogP contribution is -2.18. The molecule has 0 saturated heterocycles. The van der Waals surface area contributed by atoms with Crippen molar-refractivity contribution in [3.05, 3.63) is 39.3 Å². The Balaban J connectivity index is 1.98. The minimum absolute atomic E-state index is 0.389. The summed E-state index contributed by atoms with van der Waals surface area (Å²) in [6, 6.07) is 2.55. The smallest absolute Gasteiger partial charge is 0.0638 e. The zero-order chi connectivity index (χ0) is 11.5. The van der Waals surface area contributed by atoms with Crippen molar-refractivity contribution in [2.24, 2.45) is 0 Å². The minimum atomic E-state index is 0.389. The minimum Gasteiger partial charge on any atom is -0.306 e. The van der Waals surface area contributed by atoms with Crippen molar-refractivity contribution in [3.63, 3.8) is 0 Å². The maximum atomic E-state index is 4.19. The number of thiophene rings is 1. The molecule has 0 bridgehead atoms. The van der Waals surface area contributed by atoms with Gasteiger partial charge in [0.2, 0.25) is 0 Å². The molecule has 0 fully saturated rings. The number of rotatable bonds is 4. The molecular formula is C12H17N3S. The first-order valence-corrected chi connectivity index (χ1v) is 6.38. The molecule has 0 radical (unpaired) electrons. The van der Waals surface area contributed by atoms with E-state index in [4.69, 9.17) is 0 Å². The van der Waals surface area contributed by atoms with Crippen LogP contribution in [0.4, 0.5) is 0 Å². The Hall–Kier alpha value is -1.13. The Labute approximate surface area is 99.9 Å². The number of aromatic nitrogens is 2. The number of hydrogen-bond donors (Lipinski definition) is 2. The summed E-state index contributed by atoms with van der Waals surface area (Å²) in [6.07, 6.45) is 0. The highest BCUT2D eigenvalue weighted by Crippen LogP contribution is 2.17. The number of nitrogens with zero attached hydrogens (tertiary/aromatic N) is 1. The zero-order valence-corrected chi connectivity index (χ0v) is 10.7. The van der Waals surface area contributed by atoms with Gasteiger partial charge in [-0.15, -0.1) is 0 Å². The van der Waals surface area contributed by atoms with E-state index in [2.05, 4.69) is 46.2 Å². The van der Waals surface area contributed by atoms with E-state index in [1.807, 2.05) is 6.92 Å². The molecule has 2 aromatic rings. The normalized spacial score (nSPS) is 12.9. The van der Waals surface area contributed by atoms with Crippen molar-refractivity contribution in [3.8, 4) is 0 Å². The molecule has 0 spiro atoms. The molecule has 2 heterocycles. The number of H-pyrrole nitrogens is 1. The third-order valence-corrected chi connectivity index (χ3v) is 3.61. The van der Waals surface area contributed by atoms with Gasteiger partial charge in [-0.25, -0.2) is 0 Å². The lowest BCUT2D eigenvalue weighted by Gasteiger charge is -2.12. The molecular weight excluding hydrogens is 218 g/mol. The third kappa shape index (κ3) is 2.33. The Morgan fingerprint density at radius 1 is 1.50 bits per heavy atom. The van der Waals surface area contributed by atoms with Gasteiger partial charge < -0.3 is 5.32 Å². The van der Waals surface area contributed by atoms with Crippen LogP contribution in [-0.4, -0.2) is 10.2 Å². The fraction of sp³-hybridized carbons (Fsp3) is 0.417. The molecule has 0 aliphatic rings. The summed E-state index contributed by atoms with van der Waals surface area (Å²) in [5.74, 6) is 0. The van der Waals surface area contributed by atoms with Crippen LogP contribution in [0.2, 0.25) is 0 Å². The summed E-state index contributed by atoms with van der Waals surface area (Å²) in [4.78, 5) is 0. The van der Waals surface area contributed by atoms with Crippen molar-refractivity contribution >= 4 is 11.3 Å². The van der Waals surface area contributed by atoms with E-state index in [0.29, 0.717) is 6.04 Å². The van der Waals surface area contributed by atoms with Crippen molar-refractivity contribution < 1.29 is 0 Å². The molecule has 2 rings (SSSR count). The first-order valence-electron chi connectivity index (χ1n) is 5.44. The van der Waals surface area contributed by atoms with Crippen LogP contribution < -0.4 is 5.32 Å². The van der Waals surface area contributed by atoms with Crippen LogP contribution >= 0.6 is 11.3 Å². The highest BCUT2D eigenvalue weighted by Gasteiger charge is 2.09. The van der Waals surface area contributed by atoms with Crippen LogP contribution in [0.1, 0.15) is 35.5 Å². The van der Waals surface area contributed by atoms with Gasteiger partial charge in [-0.05, 0) is 43.2 Å². The second-order valence-corrected chi connectivity index (χ2v) is 4.85. The molecule has 2 N–H and O–H groups in total. The van der Waals surface area contributed by atoms with Crippen LogP contribution in [0.15, 0.2) is 16.8 Å². The van der Waals surface area contributed by atoms with E-state index >= 15 is 0 Å². The highest BCUT2D eigenvalue weighted by atomic mass is 32.1. The summed E-state index contributed by atoms with van der Waals surface area (Å²) < 4.78 is 0. The van der Waals surface area contributed by atoms with Crippen molar-refractivity contribution in [2.75, 3.05) is 0 Å². The van der Waals surface area contributed by atoms with E-state index in [1.54, 1.807) is 11.3 Å². The van der Waals surface area contributed by atoms with Crippen LogP contribution in [0, 0.1) is 13.8 Å². The van der Waals surface area contributed by atoms with Crippen molar-refractivity contribution in [2.45, 2.75) is 33.4 Å². The molecule has 86 valence electrons. The summed E-state index contributed by atoms with van der Waals surface area (Å²) in [7, 11) is 0.